The fourth-order valence-electron chi connectivity index (χ4n) is 2.66. The monoisotopic (exact) mass is 408 g/mol. The Hall–Kier alpha value is -3.44. The van der Waals surface area contributed by atoms with Gasteiger partial charge in [-0.3, -0.25) is 9.36 Å². The molecule has 0 aliphatic rings. The lowest BCUT2D eigenvalue weighted by Crippen LogP contribution is -2.25. The largest absolute Gasteiger partial charge is 0.497 e. The Labute approximate surface area is 173 Å². The lowest BCUT2D eigenvalue weighted by molar-refractivity contribution is -0.118. The van der Waals surface area contributed by atoms with Crippen molar-refractivity contribution in [3.05, 3.63) is 48.5 Å². The van der Waals surface area contributed by atoms with Gasteiger partial charge in [0.2, 0.25) is 5.91 Å². The summed E-state index contributed by atoms with van der Waals surface area (Å²) in [6.07, 6.45) is 5.18. The van der Waals surface area contributed by atoms with Gasteiger partial charge in [0.15, 0.2) is 11.0 Å². The Morgan fingerprint density at radius 3 is 2.59 bits per heavy atom. The van der Waals surface area contributed by atoms with Crippen LogP contribution in [0.2, 0.25) is 0 Å². The first-order valence-electron chi connectivity index (χ1n) is 8.74. The van der Waals surface area contributed by atoms with Gasteiger partial charge in [0.25, 0.3) is 0 Å². The van der Waals surface area contributed by atoms with Crippen molar-refractivity contribution in [1.29, 1.82) is 0 Å². The highest BCUT2D eigenvalue weighted by atomic mass is 32.2. The third-order valence-corrected chi connectivity index (χ3v) is 4.96. The number of carbonyl (C=O) groups excluding carboxylic acids is 1. The van der Waals surface area contributed by atoms with Gasteiger partial charge in [-0.15, -0.1) is 16.6 Å². The summed E-state index contributed by atoms with van der Waals surface area (Å²) in [5.41, 5.74) is 1.63. The van der Waals surface area contributed by atoms with Gasteiger partial charge in [-0.05, 0) is 36.4 Å². The van der Waals surface area contributed by atoms with Crippen LogP contribution in [0.1, 0.15) is 0 Å². The first-order chi connectivity index (χ1) is 14.2. The summed E-state index contributed by atoms with van der Waals surface area (Å²) in [7, 11) is 3.22. The molecule has 8 heteroatoms. The molecular formula is C21H20N4O3S. The predicted molar refractivity (Wildman–Crippen MR) is 112 cm³/mol. The summed E-state index contributed by atoms with van der Waals surface area (Å²) < 4.78 is 12.6. The second kappa shape index (κ2) is 9.66. The number of rotatable bonds is 8. The van der Waals surface area contributed by atoms with E-state index in [4.69, 9.17) is 15.9 Å². The van der Waals surface area contributed by atoms with Crippen LogP contribution in [-0.4, -0.2) is 47.2 Å². The molecule has 29 heavy (non-hydrogen) atoms. The van der Waals surface area contributed by atoms with Crippen LogP contribution in [0.25, 0.3) is 17.1 Å². The van der Waals surface area contributed by atoms with Gasteiger partial charge in [-0.2, -0.15) is 0 Å². The van der Waals surface area contributed by atoms with E-state index >= 15 is 0 Å². The summed E-state index contributed by atoms with van der Waals surface area (Å²) in [4.78, 5) is 12.0. The Morgan fingerprint density at radius 2 is 1.90 bits per heavy atom. The van der Waals surface area contributed by atoms with Crippen LogP contribution in [0, 0.1) is 12.3 Å². The molecule has 3 aromatic rings. The second-order valence-electron chi connectivity index (χ2n) is 5.81. The molecular weight excluding hydrogens is 388 g/mol. The first-order valence-corrected chi connectivity index (χ1v) is 9.72. The maximum Gasteiger partial charge on any atom is 0.231 e. The molecule has 0 radical (unpaired) electrons. The Kier molecular flexibility index (Phi) is 6.76. The SMILES string of the molecule is C#CCNC(=O)CSc1nnc(-c2ccccc2OC)n1-c1ccc(OC)cc1. The number of nitrogens with one attached hydrogen (secondary N) is 1. The number of hydrogen-bond donors (Lipinski definition) is 1. The van der Waals surface area contributed by atoms with E-state index in [1.54, 1.807) is 14.2 Å². The second-order valence-corrected chi connectivity index (χ2v) is 6.75. The molecule has 148 valence electrons. The van der Waals surface area contributed by atoms with E-state index in [-0.39, 0.29) is 18.2 Å². The van der Waals surface area contributed by atoms with Crippen molar-refractivity contribution < 1.29 is 14.3 Å². The average molecular weight is 408 g/mol. The van der Waals surface area contributed by atoms with E-state index in [0.29, 0.717) is 16.7 Å². The van der Waals surface area contributed by atoms with E-state index in [9.17, 15) is 4.79 Å². The van der Waals surface area contributed by atoms with Crippen molar-refractivity contribution in [2.24, 2.45) is 0 Å². The van der Waals surface area contributed by atoms with Crippen molar-refractivity contribution in [1.82, 2.24) is 20.1 Å². The standard InChI is InChI=1S/C21H20N4O3S/c1-4-13-22-19(26)14-29-21-24-23-20(17-7-5-6-8-18(17)28-3)25(21)15-9-11-16(27-2)12-10-15/h1,5-12H,13-14H2,2-3H3,(H,22,26). The number of amides is 1. The van der Waals surface area contributed by atoms with Crippen molar-refractivity contribution in [2.75, 3.05) is 26.5 Å². The minimum atomic E-state index is -0.170. The number of para-hydroxylation sites is 1. The maximum atomic E-state index is 12.0. The molecule has 0 fully saturated rings. The zero-order chi connectivity index (χ0) is 20.6. The van der Waals surface area contributed by atoms with Gasteiger partial charge in [-0.1, -0.05) is 29.8 Å². The smallest absolute Gasteiger partial charge is 0.231 e. The van der Waals surface area contributed by atoms with Gasteiger partial charge in [0.05, 0.1) is 37.8 Å². The minimum absolute atomic E-state index is 0.169. The van der Waals surface area contributed by atoms with Crippen LogP contribution in [0.5, 0.6) is 11.5 Å². The van der Waals surface area contributed by atoms with E-state index in [2.05, 4.69) is 21.4 Å². The number of methoxy groups -OCH3 is 2. The zero-order valence-electron chi connectivity index (χ0n) is 16.1. The molecule has 0 aliphatic heterocycles. The molecule has 1 amide bonds. The summed E-state index contributed by atoms with van der Waals surface area (Å²) in [5, 5.41) is 11.9. The van der Waals surface area contributed by atoms with Gasteiger partial charge in [0.1, 0.15) is 11.5 Å². The van der Waals surface area contributed by atoms with E-state index < -0.39 is 0 Å². The molecule has 0 bridgehead atoms. The molecule has 1 heterocycles. The number of carbonyl (C=O) groups is 1. The third kappa shape index (κ3) is 4.70. The molecule has 1 aromatic heterocycles. The summed E-state index contributed by atoms with van der Waals surface area (Å²) in [6.45, 7) is 0.191. The quantitative estimate of drug-likeness (QED) is 0.456. The Balaban J connectivity index is 2.01. The molecule has 1 N–H and O–H groups in total. The molecule has 7 nitrogen and oxygen atoms in total. The molecule has 0 spiro atoms. The summed E-state index contributed by atoms with van der Waals surface area (Å²) in [5.74, 6) is 4.41. The topological polar surface area (TPSA) is 78.3 Å². The zero-order valence-corrected chi connectivity index (χ0v) is 16.9. The highest BCUT2D eigenvalue weighted by Crippen LogP contribution is 2.33. The maximum absolute atomic E-state index is 12.0. The van der Waals surface area contributed by atoms with Crippen LogP contribution in [0.3, 0.4) is 0 Å². The first kappa shape index (κ1) is 20.3. The number of nitrogens with zero attached hydrogens (tertiary/aromatic N) is 3. The minimum Gasteiger partial charge on any atom is -0.497 e. The van der Waals surface area contributed by atoms with E-state index in [0.717, 1.165) is 17.0 Å². The molecule has 2 aromatic carbocycles. The third-order valence-electron chi connectivity index (χ3n) is 4.03. The molecule has 0 atom stereocenters. The van der Waals surface area contributed by atoms with Crippen LogP contribution in [0.4, 0.5) is 0 Å². The Morgan fingerprint density at radius 1 is 1.14 bits per heavy atom. The van der Waals surface area contributed by atoms with Crippen LogP contribution >= 0.6 is 11.8 Å². The highest BCUT2D eigenvalue weighted by molar-refractivity contribution is 7.99. The molecule has 0 unspecified atom stereocenters. The molecule has 0 saturated carbocycles. The summed E-state index contributed by atoms with van der Waals surface area (Å²) >= 11 is 1.28. The van der Waals surface area contributed by atoms with Crippen molar-refractivity contribution in [3.8, 4) is 40.9 Å². The van der Waals surface area contributed by atoms with Gasteiger partial charge < -0.3 is 14.8 Å². The fraction of sp³-hybridized carbons (Fsp3) is 0.190. The molecule has 3 rings (SSSR count). The predicted octanol–water partition coefficient (Wildman–Crippen LogP) is 2.79. The number of hydrogen-bond acceptors (Lipinski definition) is 6. The normalized spacial score (nSPS) is 10.2. The van der Waals surface area contributed by atoms with E-state index in [1.807, 2.05) is 53.1 Å². The highest BCUT2D eigenvalue weighted by Gasteiger charge is 2.19. The number of aromatic nitrogens is 3. The number of benzene rings is 2. The van der Waals surface area contributed by atoms with Crippen LogP contribution < -0.4 is 14.8 Å². The number of thioether (sulfide) groups is 1. The van der Waals surface area contributed by atoms with E-state index in [1.165, 1.54) is 11.8 Å². The van der Waals surface area contributed by atoms with Gasteiger partial charge in [0, 0.05) is 0 Å². The number of terminal acetylenes is 1. The molecule has 0 saturated heterocycles. The fourth-order valence-corrected chi connectivity index (χ4v) is 3.44. The lowest BCUT2D eigenvalue weighted by Gasteiger charge is -2.13. The number of ether oxygens (including phenoxy) is 2. The lowest BCUT2D eigenvalue weighted by atomic mass is 10.2. The van der Waals surface area contributed by atoms with Gasteiger partial charge >= 0.3 is 0 Å². The van der Waals surface area contributed by atoms with Crippen LogP contribution in [-0.2, 0) is 4.79 Å². The van der Waals surface area contributed by atoms with Gasteiger partial charge in [-0.25, -0.2) is 0 Å². The Bertz CT molecular complexity index is 1030. The van der Waals surface area contributed by atoms with Crippen LogP contribution in [0.15, 0.2) is 53.7 Å². The van der Waals surface area contributed by atoms with Crippen molar-refractivity contribution in [3.63, 3.8) is 0 Å². The summed E-state index contributed by atoms with van der Waals surface area (Å²) in [6, 6.07) is 15.1. The van der Waals surface area contributed by atoms with Crippen molar-refractivity contribution >= 4 is 17.7 Å². The molecule has 0 aliphatic carbocycles. The average Bonchev–Trinajstić information content (AvgIpc) is 3.19. The van der Waals surface area contributed by atoms with Crippen molar-refractivity contribution in [2.45, 2.75) is 5.16 Å².